The third-order valence-electron chi connectivity index (χ3n) is 7.41. The number of rotatable bonds is 8. The highest BCUT2D eigenvalue weighted by Gasteiger charge is 2.10. The zero-order valence-electron chi connectivity index (χ0n) is 51.8. The van der Waals surface area contributed by atoms with Gasteiger partial charge in [-0.05, 0) is 184 Å². The molecule has 0 saturated heterocycles. The smallest absolute Gasteiger partial charge is 0.159 e. The topological polar surface area (TPSA) is 222 Å². The predicted molar refractivity (Wildman–Crippen MR) is 333 cm³/mol. The van der Waals surface area contributed by atoms with Gasteiger partial charge in [0.2, 0.25) is 0 Å². The molecule has 0 saturated carbocycles. The summed E-state index contributed by atoms with van der Waals surface area (Å²) in [6.45, 7) is 28.2. The first kappa shape index (κ1) is 84.3. The Morgan fingerprint density at radius 1 is 0.256 bits per heavy atom. The number of ketones is 13. The Bertz CT molecular complexity index is 2520. The first-order valence-electron chi connectivity index (χ1n) is 25.7. The summed E-state index contributed by atoms with van der Waals surface area (Å²) in [6.07, 6.45) is 2.59. The number of carbonyl (C=O) groups is 13. The summed E-state index contributed by atoms with van der Waals surface area (Å²) in [4.78, 5) is 130. The molecular formula is C69H88O13. The Balaban J connectivity index is -0.000000199. The van der Waals surface area contributed by atoms with Gasteiger partial charge in [-0.2, -0.15) is 0 Å². The van der Waals surface area contributed by atoms with E-state index < -0.39 is 0 Å². The van der Waals surface area contributed by atoms with Gasteiger partial charge in [-0.3, -0.25) is 33.6 Å². The molecule has 6 rings (SSSR count). The molecule has 0 amide bonds. The summed E-state index contributed by atoms with van der Waals surface area (Å²) in [6, 6.07) is 54.0. The van der Waals surface area contributed by atoms with Gasteiger partial charge in [-0.25, -0.2) is 0 Å². The van der Waals surface area contributed by atoms with Crippen LogP contribution >= 0.6 is 0 Å². The van der Waals surface area contributed by atoms with Gasteiger partial charge < -0.3 is 28.8 Å². The molecule has 6 aromatic rings. The van der Waals surface area contributed by atoms with Gasteiger partial charge >= 0.3 is 0 Å². The van der Waals surface area contributed by atoms with Gasteiger partial charge in [0.05, 0.1) is 6.42 Å². The van der Waals surface area contributed by atoms with Crippen LogP contribution in [-0.2, 0) is 47.9 Å². The van der Waals surface area contributed by atoms with Crippen molar-refractivity contribution in [3.05, 3.63) is 193 Å². The summed E-state index contributed by atoms with van der Waals surface area (Å²) in [7, 11) is 0. The van der Waals surface area contributed by atoms with Crippen molar-refractivity contribution in [2.24, 2.45) is 0 Å². The number of hydrogen-bond donors (Lipinski definition) is 0. The molecule has 442 valence electrons. The standard InChI is InChI=1S/C12H12O3.C12H10.C10H8.C6H8O2.C6H6.C5H8O2.6C3H6O/c1-7(13)10-4-11(8(2)14)6-12(5-10)9(3)15;1-3-7-11(8-4-1)12-9-5-2-6-10-12;1-2-6-10-8-4-3-7-9(10)5-1;1-5(7)3-4-6(2)8;1-2-4-6-5-3-1;1-4(6)3-5(2)7;6*1-3(2)4/h4-6H,1-3H3;1-10H;1-8H;3-4H,1-2H3;1-6H;3H2,1-2H3;6*1-2H3/b;;;4-3+;;;;;;;;. The Morgan fingerprint density at radius 2 is 0.415 bits per heavy atom. The minimum atomic E-state index is -0.152. The van der Waals surface area contributed by atoms with Crippen LogP contribution in [0.5, 0.6) is 0 Å². The van der Waals surface area contributed by atoms with E-state index in [1.807, 2.05) is 48.5 Å². The van der Waals surface area contributed by atoms with E-state index in [9.17, 15) is 62.3 Å². The van der Waals surface area contributed by atoms with E-state index in [1.54, 1.807) is 0 Å². The highest BCUT2D eigenvalue weighted by molar-refractivity contribution is 6.04. The molecule has 0 heterocycles. The van der Waals surface area contributed by atoms with Crippen LogP contribution in [0.25, 0.3) is 21.9 Å². The number of hydrogen-bond acceptors (Lipinski definition) is 13. The lowest BCUT2D eigenvalue weighted by Gasteiger charge is -2.03. The molecule has 13 nitrogen and oxygen atoms in total. The molecule has 0 aliphatic carbocycles. The van der Waals surface area contributed by atoms with Gasteiger partial charge in [0, 0.05) is 16.7 Å². The minimum Gasteiger partial charge on any atom is -0.300 e. The molecule has 0 spiro atoms. The van der Waals surface area contributed by atoms with Crippen LogP contribution in [-0.4, -0.2) is 75.2 Å². The normalized spacial score (nSPS) is 8.57. The molecule has 0 unspecified atom stereocenters. The second-order valence-corrected chi connectivity index (χ2v) is 18.3. The van der Waals surface area contributed by atoms with Gasteiger partial charge in [-0.15, -0.1) is 0 Å². The lowest BCUT2D eigenvalue weighted by molar-refractivity contribution is -0.125. The molecule has 82 heavy (non-hydrogen) atoms. The summed E-state index contributed by atoms with van der Waals surface area (Å²) < 4.78 is 0. The fraction of sp³-hybridized carbons (Fsp3) is 0.290. The quantitative estimate of drug-likeness (QED) is 0.0787. The summed E-state index contributed by atoms with van der Waals surface area (Å²) in [5.41, 5.74) is 3.74. The number of Topliss-reactive ketones (excluding diaryl/α,β-unsaturated/α-hetero) is 11. The van der Waals surface area contributed by atoms with E-state index in [-0.39, 0.29) is 81.6 Å². The molecule has 13 heteroatoms. The number of carbonyl (C=O) groups excluding carboxylic acids is 13. The predicted octanol–water partition coefficient (Wildman–Crippen LogP) is 15.0. The average Bonchev–Trinajstić information content (AvgIpc) is 3.36. The molecule has 0 aliphatic rings. The lowest BCUT2D eigenvalue weighted by atomic mass is 10.00. The third kappa shape index (κ3) is 75.3. The lowest BCUT2D eigenvalue weighted by Crippen LogP contribution is -2.03. The average molecular weight is 1130 g/mol. The van der Waals surface area contributed by atoms with Gasteiger partial charge in [0.15, 0.2) is 28.9 Å². The van der Waals surface area contributed by atoms with E-state index in [0.29, 0.717) is 16.7 Å². The van der Waals surface area contributed by atoms with Crippen LogP contribution in [0.2, 0.25) is 0 Å². The molecule has 0 bridgehead atoms. The Morgan fingerprint density at radius 3 is 0.549 bits per heavy atom. The zero-order valence-corrected chi connectivity index (χ0v) is 51.8. The molecule has 0 radical (unpaired) electrons. The Hall–Kier alpha value is -8.97. The first-order chi connectivity index (χ1) is 38.0. The van der Waals surface area contributed by atoms with Crippen molar-refractivity contribution in [1.82, 2.24) is 0 Å². The molecule has 0 atom stereocenters. The SMILES string of the molecule is CC(=O)/C=C/C(C)=O.CC(=O)CC(C)=O.CC(=O)c1cc(C(C)=O)cc(C(C)=O)c1.CC(C)=O.CC(C)=O.CC(C)=O.CC(C)=O.CC(C)=O.CC(C)=O.c1ccc(-c2ccccc2)cc1.c1ccc2ccccc2c1.c1ccccc1. The Labute approximate surface area is 488 Å². The molecule has 6 aromatic carbocycles. The van der Waals surface area contributed by atoms with Crippen molar-refractivity contribution in [3.8, 4) is 11.1 Å². The molecule has 0 aliphatic heterocycles. The summed E-state index contributed by atoms with van der Waals surface area (Å²) in [5.74, 6) is 0.224. The van der Waals surface area contributed by atoms with E-state index in [2.05, 4.69) is 97.1 Å². The monoisotopic (exact) mass is 1120 g/mol. The molecular weight excluding hydrogens is 1040 g/mol. The second-order valence-electron chi connectivity index (χ2n) is 18.3. The van der Waals surface area contributed by atoms with E-state index in [1.165, 1.54) is 184 Å². The van der Waals surface area contributed by atoms with Crippen LogP contribution in [0, 0.1) is 0 Å². The van der Waals surface area contributed by atoms with Crippen molar-refractivity contribution in [3.63, 3.8) is 0 Å². The van der Waals surface area contributed by atoms with Crippen LogP contribution in [0.1, 0.15) is 169 Å². The van der Waals surface area contributed by atoms with Gasteiger partial charge in [-0.1, -0.05) is 146 Å². The van der Waals surface area contributed by atoms with Crippen molar-refractivity contribution < 1.29 is 62.3 Å². The molecule has 0 N–H and O–H groups in total. The van der Waals surface area contributed by atoms with Crippen LogP contribution < -0.4 is 0 Å². The van der Waals surface area contributed by atoms with Gasteiger partial charge in [0.25, 0.3) is 0 Å². The van der Waals surface area contributed by atoms with Crippen LogP contribution in [0.4, 0.5) is 0 Å². The van der Waals surface area contributed by atoms with Crippen molar-refractivity contribution in [2.45, 2.75) is 138 Å². The van der Waals surface area contributed by atoms with Crippen molar-refractivity contribution in [1.29, 1.82) is 0 Å². The van der Waals surface area contributed by atoms with Crippen molar-refractivity contribution in [2.75, 3.05) is 0 Å². The zero-order chi connectivity index (χ0) is 64.8. The third-order valence-corrected chi connectivity index (χ3v) is 7.41. The summed E-state index contributed by atoms with van der Waals surface area (Å²) in [5, 5.41) is 2.62. The van der Waals surface area contributed by atoms with Crippen LogP contribution in [0.3, 0.4) is 0 Å². The molecule has 0 fully saturated rings. The van der Waals surface area contributed by atoms with Gasteiger partial charge in [0.1, 0.15) is 46.3 Å². The second kappa shape index (κ2) is 55.3. The van der Waals surface area contributed by atoms with Crippen LogP contribution in [0.15, 0.2) is 176 Å². The number of allylic oxidation sites excluding steroid dienone is 2. The summed E-state index contributed by atoms with van der Waals surface area (Å²) >= 11 is 0. The number of benzene rings is 6. The fourth-order valence-corrected chi connectivity index (χ4v) is 4.60. The maximum atomic E-state index is 11.2. The maximum Gasteiger partial charge on any atom is 0.159 e. The molecule has 0 aromatic heterocycles. The largest absolute Gasteiger partial charge is 0.300 e. The highest BCUT2D eigenvalue weighted by Crippen LogP contribution is 2.17. The Kier molecular flexibility index (Phi) is 56.9. The minimum absolute atomic E-state index is 0.0625. The van der Waals surface area contributed by atoms with Crippen molar-refractivity contribution >= 4 is 86.0 Å². The highest BCUT2D eigenvalue weighted by atomic mass is 16.2. The van der Waals surface area contributed by atoms with E-state index in [4.69, 9.17) is 0 Å². The number of fused-ring (bicyclic) bond motifs is 1. The first-order valence-corrected chi connectivity index (χ1v) is 25.7. The van der Waals surface area contributed by atoms with E-state index >= 15 is 0 Å². The maximum absolute atomic E-state index is 11.2. The fourth-order valence-electron chi connectivity index (χ4n) is 4.60. The van der Waals surface area contributed by atoms with E-state index in [0.717, 1.165) is 0 Å².